The molecule has 5 nitrogen and oxygen atoms in total. The summed E-state index contributed by atoms with van der Waals surface area (Å²) in [4.78, 5) is 4.91. The molecule has 0 saturated carbocycles. The van der Waals surface area contributed by atoms with Crippen LogP contribution >= 0.6 is 0 Å². The van der Waals surface area contributed by atoms with E-state index in [1.165, 1.54) is 12.0 Å². The van der Waals surface area contributed by atoms with Crippen LogP contribution in [-0.2, 0) is 11.3 Å². The van der Waals surface area contributed by atoms with Crippen LogP contribution in [0.1, 0.15) is 24.8 Å². The molecule has 0 aromatic heterocycles. The predicted octanol–water partition coefficient (Wildman–Crippen LogP) is 1.71. The molecule has 2 aliphatic heterocycles. The van der Waals surface area contributed by atoms with E-state index in [1.807, 2.05) is 0 Å². The Morgan fingerprint density at radius 1 is 1.00 bits per heavy atom. The number of rotatable bonds is 6. The van der Waals surface area contributed by atoms with Gasteiger partial charge in [0.1, 0.15) is 12.4 Å². The number of nitrogens with zero attached hydrogens (tertiary/aromatic N) is 2. The molecule has 0 bridgehead atoms. The summed E-state index contributed by atoms with van der Waals surface area (Å²) in [7, 11) is 0. The van der Waals surface area contributed by atoms with Crippen molar-refractivity contribution in [3.8, 4) is 5.75 Å². The van der Waals surface area contributed by atoms with E-state index in [4.69, 9.17) is 15.2 Å². The van der Waals surface area contributed by atoms with Crippen molar-refractivity contribution in [2.75, 3.05) is 52.5 Å². The molecule has 1 aromatic carbocycles. The van der Waals surface area contributed by atoms with Gasteiger partial charge < -0.3 is 15.2 Å². The molecule has 2 aliphatic rings. The third-order valence-corrected chi connectivity index (χ3v) is 4.97. The fourth-order valence-corrected chi connectivity index (χ4v) is 3.41. The lowest BCUT2D eigenvalue weighted by Gasteiger charge is -2.26. The monoisotopic (exact) mass is 333 g/mol. The highest BCUT2D eigenvalue weighted by atomic mass is 16.5. The van der Waals surface area contributed by atoms with Gasteiger partial charge in [-0.15, -0.1) is 0 Å². The van der Waals surface area contributed by atoms with Gasteiger partial charge in [0.25, 0.3) is 0 Å². The van der Waals surface area contributed by atoms with Crippen LogP contribution in [0.2, 0.25) is 0 Å². The highest BCUT2D eigenvalue weighted by molar-refractivity contribution is 5.27. The number of ether oxygens (including phenoxy) is 2. The highest BCUT2D eigenvalue weighted by Crippen LogP contribution is 2.16. The number of benzene rings is 1. The van der Waals surface area contributed by atoms with Crippen LogP contribution in [0.15, 0.2) is 24.3 Å². The van der Waals surface area contributed by atoms with Crippen LogP contribution in [0.4, 0.5) is 0 Å². The largest absolute Gasteiger partial charge is 0.492 e. The Labute approximate surface area is 145 Å². The van der Waals surface area contributed by atoms with Gasteiger partial charge in [-0.3, -0.25) is 9.80 Å². The van der Waals surface area contributed by atoms with Gasteiger partial charge >= 0.3 is 0 Å². The van der Waals surface area contributed by atoms with Crippen molar-refractivity contribution in [2.45, 2.75) is 31.8 Å². The van der Waals surface area contributed by atoms with E-state index in [-0.39, 0.29) is 0 Å². The number of hydrogen-bond acceptors (Lipinski definition) is 5. The Balaban J connectivity index is 1.39. The van der Waals surface area contributed by atoms with Gasteiger partial charge in [-0.05, 0) is 50.0 Å². The van der Waals surface area contributed by atoms with E-state index < -0.39 is 0 Å². The van der Waals surface area contributed by atoms with Crippen molar-refractivity contribution >= 4 is 0 Å². The zero-order valence-corrected chi connectivity index (χ0v) is 14.7. The average Bonchev–Trinajstić information content (AvgIpc) is 2.82. The van der Waals surface area contributed by atoms with Crippen molar-refractivity contribution < 1.29 is 9.47 Å². The fourth-order valence-electron chi connectivity index (χ4n) is 3.41. The van der Waals surface area contributed by atoms with Crippen molar-refractivity contribution in [2.24, 2.45) is 5.73 Å². The maximum Gasteiger partial charge on any atom is 0.119 e. The molecule has 134 valence electrons. The first kappa shape index (κ1) is 17.7. The van der Waals surface area contributed by atoms with E-state index in [9.17, 15) is 0 Å². The van der Waals surface area contributed by atoms with Gasteiger partial charge in [-0.25, -0.2) is 0 Å². The lowest BCUT2D eigenvalue weighted by molar-refractivity contribution is 0.0322. The van der Waals surface area contributed by atoms with Crippen molar-refractivity contribution in [1.82, 2.24) is 9.80 Å². The summed E-state index contributed by atoms with van der Waals surface area (Å²) in [5.74, 6) is 0.963. The quantitative estimate of drug-likeness (QED) is 0.859. The first-order valence-electron chi connectivity index (χ1n) is 9.29. The Morgan fingerprint density at radius 2 is 1.79 bits per heavy atom. The molecule has 0 amide bonds. The summed E-state index contributed by atoms with van der Waals surface area (Å²) < 4.78 is 11.2. The van der Waals surface area contributed by atoms with Gasteiger partial charge in [-0.2, -0.15) is 0 Å². The van der Waals surface area contributed by atoms with E-state index in [0.29, 0.717) is 6.04 Å². The molecule has 0 radical (unpaired) electrons. The van der Waals surface area contributed by atoms with Gasteiger partial charge in [0.05, 0.1) is 13.2 Å². The molecule has 2 fully saturated rings. The molecule has 2 heterocycles. The molecular weight excluding hydrogens is 302 g/mol. The molecular formula is C19H31N3O2. The molecule has 0 spiro atoms. The molecule has 5 heteroatoms. The van der Waals surface area contributed by atoms with E-state index in [1.54, 1.807) is 0 Å². The standard InChI is InChI=1S/C19H31N3O2/c20-18-2-1-8-22(9-7-18)16-17-3-5-19(6-4-17)24-15-12-21-10-13-23-14-11-21/h3-6,18H,1-2,7-16,20H2/t18-/m1/s1. The lowest BCUT2D eigenvalue weighted by atomic mass is 10.1. The van der Waals surface area contributed by atoms with Crippen molar-refractivity contribution in [1.29, 1.82) is 0 Å². The van der Waals surface area contributed by atoms with E-state index >= 15 is 0 Å². The van der Waals surface area contributed by atoms with Gasteiger partial charge in [0.15, 0.2) is 0 Å². The van der Waals surface area contributed by atoms with Gasteiger partial charge in [0.2, 0.25) is 0 Å². The maximum absolute atomic E-state index is 6.06. The lowest BCUT2D eigenvalue weighted by Crippen LogP contribution is -2.38. The first-order chi connectivity index (χ1) is 11.8. The van der Waals surface area contributed by atoms with Crippen molar-refractivity contribution in [3.63, 3.8) is 0 Å². The van der Waals surface area contributed by atoms with Crippen LogP contribution in [0.3, 0.4) is 0 Å². The molecule has 3 rings (SSSR count). The number of nitrogens with two attached hydrogens (primary N) is 1. The molecule has 24 heavy (non-hydrogen) atoms. The Kier molecular flexibility index (Phi) is 6.90. The molecule has 0 unspecified atom stereocenters. The third-order valence-electron chi connectivity index (χ3n) is 4.97. The maximum atomic E-state index is 6.06. The zero-order chi connectivity index (χ0) is 16.6. The molecule has 1 atom stereocenters. The topological polar surface area (TPSA) is 51.0 Å². The normalized spacial score (nSPS) is 23.8. The van der Waals surface area contributed by atoms with Crippen molar-refractivity contribution in [3.05, 3.63) is 29.8 Å². The summed E-state index contributed by atoms with van der Waals surface area (Å²) in [6, 6.07) is 8.96. The van der Waals surface area contributed by atoms with Crippen LogP contribution in [0.5, 0.6) is 5.75 Å². The summed E-state index contributed by atoms with van der Waals surface area (Å²) in [5, 5.41) is 0. The minimum Gasteiger partial charge on any atom is -0.492 e. The van der Waals surface area contributed by atoms with Crippen LogP contribution < -0.4 is 10.5 Å². The minimum atomic E-state index is 0.386. The Morgan fingerprint density at radius 3 is 2.58 bits per heavy atom. The SMILES string of the molecule is N[C@@H]1CCCN(Cc2ccc(OCCN3CCOCC3)cc2)CC1. The van der Waals surface area contributed by atoms with Crippen LogP contribution in [0.25, 0.3) is 0 Å². The Hall–Kier alpha value is -1.14. The summed E-state index contributed by atoms with van der Waals surface area (Å²) in [5.41, 5.74) is 7.41. The fraction of sp³-hybridized carbons (Fsp3) is 0.684. The molecule has 1 aromatic rings. The molecule has 0 aliphatic carbocycles. The van der Waals surface area contributed by atoms with Gasteiger partial charge in [0, 0.05) is 32.2 Å². The Bertz CT molecular complexity index is 474. The minimum absolute atomic E-state index is 0.386. The smallest absolute Gasteiger partial charge is 0.119 e. The number of likely N-dealkylation sites (tertiary alicyclic amines) is 1. The van der Waals surface area contributed by atoms with Crippen LogP contribution in [0, 0.1) is 0 Å². The predicted molar refractivity (Wildman–Crippen MR) is 96.3 cm³/mol. The first-order valence-corrected chi connectivity index (χ1v) is 9.29. The zero-order valence-electron chi connectivity index (χ0n) is 14.7. The average molecular weight is 333 g/mol. The summed E-state index contributed by atoms with van der Waals surface area (Å²) >= 11 is 0. The summed E-state index contributed by atoms with van der Waals surface area (Å²) in [6.07, 6.45) is 3.49. The van der Waals surface area contributed by atoms with E-state index in [0.717, 1.165) is 77.7 Å². The van der Waals surface area contributed by atoms with E-state index in [2.05, 4.69) is 34.1 Å². The van der Waals surface area contributed by atoms with Gasteiger partial charge in [-0.1, -0.05) is 12.1 Å². The number of morpholine rings is 1. The second-order valence-corrected chi connectivity index (χ2v) is 6.91. The highest BCUT2D eigenvalue weighted by Gasteiger charge is 2.14. The molecule has 2 saturated heterocycles. The second kappa shape index (κ2) is 9.37. The number of hydrogen-bond donors (Lipinski definition) is 1. The summed E-state index contributed by atoms with van der Waals surface area (Å²) in [6.45, 7) is 8.71. The van der Waals surface area contributed by atoms with Crippen LogP contribution in [-0.4, -0.2) is 68.4 Å². The second-order valence-electron chi connectivity index (χ2n) is 6.91. The third kappa shape index (κ3) is 5.74. The molecule has 2 N–H and O–H groups in total.